The third-order valence-electron chi connectivity index (χ3n) is 2.72. The Morgan fingerprint density at radius 2 is 2.15 bits per heavy atom. The molecule has 0 spiro atoms. The molecule has 20 heavy (non-hydrogen) atoms. The van der Waals surface area contributed by atoms with Crippen LogP contribution in [0.5, 0.6) is 0 Å². The van der Waals surface area contributed by atoms with E-state index in [1.165, 1.54) is 0 Å². The van der Waals surface area contributed by atoms with E-state index in [9.17, 15) is 0 Å². The van der Waals surface area contributed by atoms with Crippen molar-refractivity contribution in [2.45, 2.75) is 25.9 Å². The van der Waals surface area contributed by atoms with Gasteiger partial charge in [-0.25, -0.2) is 4.68 Å². The van der Waals surface area contributed by atoms with Gasteiger partial charge >= 0.3 is 0 Å². The van der Waals surface area contributed by atoms with Crippen molar-refractivity contribution in [3.05, 3.63) is 40.6 Å². The summed E-state index contributed by atoms with van der Waals surface area (Å²) in [7, 11) is 2.03. The monoisotopic (exact) mass is 337 g/mol. The summed E-state index contributed by atoms with van der Waals surface area (Å²) in [5.74, 6) is 0. The summed E-state index contributed by atoms with van der Waals surface area (Å²) in [6, 6.07) is 7.96. The maximum Gasteiger partial charge on any atom is 0.0971 e. The molecular weight excluding hydrogens is 318 g/mol. The van der Waals surface area contributed by atoms with Crippen molar-refractivity contribution in [2.75, 3.05) is 13.6 Å². The minimum Gasteiger partial charge on any atom is -0.324 e. The molecule has 1 aromatic heterocycles. The second kappa shape index (κ2) is 6.03. The molecule has 108 valence electrons. The average Bonchev–Trinajstić information content (AvgIpc) is 2.74. The highest BCUT2D eigenvalue weighted by atomic mass is 79.9. The lowest BCUT2D eigenvalue weighted by atomic mass is 10.1. The van der Waals surface area contributed by atoms with E-state index in [4.69, 9.17) is 5.73 Å². The molecule has 0 radical (unpaired) electrons. The van der Waals surface area contributed by atoms with E-state index in [-0.39, 0.29) is 5.54 Å². The van der Waals surface area contributed by atoms with Crippen molar-refractivity contribution >= 4 is 15.9 Å². The third-order valence-corrected chi connectivity index (χ3v) is 3.22. The van der Waals surface area contributed by atoms with Crippen LogP contribution in [0.3, 0.4) is 0 Å². The van der Waals surface area contributed by atoms with Gasteiger partial charge in [-0.1, -0.05) is 27.2 Å². The molecule has 2 N–H and O–H groups in total. The molecule has 0 saturated heterocycles. The lowest BCUT2D eigenvalue weighted by molar-refractivity contribution is 0.260. The zero-order valence-corrected chi connectivity index (χ0v) is 13.6. The van der Waals surface area contributed by atoms with Crippen LogP contribution in [0.25, 0.3) is 5.69 Å². The van der Waals surface area contributed by atoms with Crippen molar-refractivity contribution in [1.82, 2.24) is 19.9 Å². The SMILES string of the molecule is CN(Cc1cn(-c2cccc(Br)c2)nn1)CC(C)(C)N. The zero-order chi connectivity index (χ0) is 14.8. The van der Waals surface area contributed by atoms with E-state index in [0.717, 1.165) is 28.9 Å². The average molecular weight is 338 g/mol. The van der Waals surface area contributed by atoms with Crippen molar-refractivity contribution in [2.24, 2.45) is 5.73 Å². The molecule has 1 heterocycles. The topological polar surface area (TPSA) is 60.0 Å². The minimum absolute atomic E-state index is 0.213. The number of nitrogens with two attached hydrogens (primary N) is 1. The van der Waals surface area contributed by atoms with Crippen LogP contribution in [-0.4, -0.2) is 39.0 Å². The largest absolute Gasteiger partial charge is 0.324 e. The van der Waals surface area contributed by atoms with Gasteiger partial charge in [0.2, 0.25) is 0 Å². The number of benzene rings is 1. The van der Waals surface area contributed by atoms with E-state index in [1.54, 1.807) is 4.68 Å². The molecule has 5 nitrogen and oxygen atoms in total. The van der Waals surface area contributed by atoms with Crippen LogP contribution >= 0.6 is 15.9 Å². The molecule has 2 aromatic rings. The summed E-state index contributed by atoms with van der Waals surface area (Å²) < 4.78 is 2.80. The van der Waals surface area contributed by atoms with Crippen LogP contribution in [0.15, 0.2) is 34.9 Å². The number of halogens is 1. The molecule has 0 aliphatic rings. The highest BCUT2D eigenvalue weighted by molar-refractivity contribution is 9.10. The Bertz CT molecular complexity index is 573. The van der Waals surface area contributed by atoms with Gasteiger partial charge in [-0.15, -0.1) is 5.10 Å². The number of hydrogen-bond donors (Lipinski definition) is 1. The van der Waals surface area contributed by atoms with Gasteiger partial charge in [0.25, 0.3) is 0 Å². The normalized spacial score (nSPS) is 12.1. The summed E-state index contributed by atoms with van der Waals surface area (Å²) in [5.41, 5.74) is 7.72. The van der Waals surface area contributed by atoms with Crippen LogP contribution < -0.4 is 5.73 Å². The van der Waals surface area contributed by atoms with Gasteiger partial charge in [-0.2, -0.15) is 0 Å². The standard InChI is InChI=1S/C14H20BrN5/c1-14(2,16)10-19(3)8-12-9-20(18-17-12)13-6-4-5-11(15)7-13/h4-7,9H,8,10,16H2,1-3H3. The maximum atomic E-state index is 6.01. The first kappa shape index (κ1) is 15.2. The van der Waals surface area contributed by atoms with Crippen LogP contribution in [0.1, 0.15) is 19.5 Å². The molecule has 0 saturated carbocycles. The molecule has 0 amide bonds. The van der Waals surface area contributed by atoms with Gasteiger partial charge in [-0.3, -0.25) is 4.90 Å². The fraction of sp³-hybridized carbons (Fsp3) is 0.429. The first-order valence-electron chi connectivity index (χ1n) is 6.48. The van der Waals surface area contributed by atoms with Gasteiger partial charge in [0.15, 0.2) is 0 Å². The summed E-state index contributed by atoms with van der Waals surface area (Å²) in [6.45, 7) is 5.56. The van der Waals surface area contributed by atoms with Crippen molar-refractivity contribution in [3.63, 3.8) is 0 Å². The highest BCUT2D eigenvalue weighted by Gasteiger charge is 2.15. The summed E-state index contributed by atoms with van der Waals surface area (Å²) >= 11 is 3.46. The molecule has 2 rings (SSSR count). The number of nitrogens with zero attached hydrogens (tertiary/aromatic N) is 4. The van der Waals surface area contributed by atoms with Crippen molar-refractivity contribution in [1.29, 1.82) is 0 Å². The smallest absolute Gasteiger partial charge is 0.0971 e. The Morgan fingerprint density at radius 3 is 2.80 bits per heavy atom. The van der Waals surface area contributed by atoms with Crippen molar-refractivity contribution in [3.8, 4) is 5.69 Å². The summed E-state index contributed by atoms with van der Waals surface area (Å²) in [6.07, 6.45) is 1.95. The number of likely N-dealkylation sites (N-methyl/N-ethyl adjacent to an activating group) is 1. The van der Waals surface area contributed by atoms with Gasteiger partial charge in [0.1, 0.15) is 0 Å². The van der Waals surface area contributed by atoms with Crippen LogP contribution in [0.2, 0.25) is 0 Å². The van der Waals surface area contributed by atoms with Gasteiger partial charge in [-0.05, 0) is 39.1 Å². The molecule has 0 atom stereocenters. The van der Waals surface area contributed by atoms with E-state index in [0.29, 0.717) is 0 Å². The molecule has 6 heteroatoms. The number of hydrogen-bond acceptors (Lipinski definition) is 4. The molecule has 0 aliphatic heterocycles. The van der Waals surface area contributed by atoms with E-state index < -0.39 is 0 Å². The zero-order valence-electron chi connectivity index (χ0n) is 12.0. The predicted molar refractivity (Wildman–Crippen MR) is 83.7 cm³/mol. The fourth-order valence-corrected chi connectivity index (χ4v) is 2.53. The molecule has 0 unspecified atom stereocenters. The minimum atomic E-state index is -0.213. The van der Waals surface area contributed by atoms with E-state index >= 15 is 0 Å². The fourth-order valence-electron chi connectivity index (χ4n) is 2.14. The maximum absolute atomic E-state index is 6.01. The Balaban J connectivity index is 2.06. The van der Waals surface area contributed by atoms with Crippen LogP contribution in [-0.2, 0) is 6.54 Å². The Labute approximate surface area is 127 Å². The third kappa shape index (κ3) is 4.40. The second-order valence-electron chi connectivity index (χ2n) is 5.80. The summed E-state index contributed by atoms with van der Waals surface area (Å²) in [5, 5.41) is 8.37. The predicted octanol–water partition coefficient (Wildman–Crippen LogP) is 2.20. The Morgan fingerprint density at radius 1 is 1.40 bits per heavy atom. The Kier molecular flexibility index (Phi) is 4.57. The van der Waals surface area contributed by atoms with E-state index in [1.807, 2.05) is 51.4 Å². The van der Waals surface area contributed by atoms with Crippen molar-refractivity contribution < 1.29 is 0 Å². The van der Waals surface area contributed by atoms with Gasteiger partial charge in [0.05, 0.1) is 17.6 Å². The molecule has 1 aromatic carbocycles. The Hall–Kier alpha value is -1.24. The molecule has 0 fully saturated rings. The quantitative estimate of drug-likeness (QED) is 0.908. The molecular formula is C14H20BrN5. The lowest BCUT2D eigenvalue weighted by Gasteiger charge is -2.25. The molecule has 0 bridgehead atoms. The molecule has 0 aliphatic carbocycles. The first-order chi connectivity index (χ1) is 9.33. The number of aromatic nitrogens is 3. The van der Waals surface area contributed by atoms with Gasteiger partial charge < -0.3 is 5.73 Å². The second-order valence-corrected chi connectivity index (χ2v) is 6.71. The van der Waals surface area contributed by atoms with E-state index in [2.05, 4.69) is 31.1 Å². The van der Waals surface area contributed by atoms with Gasteiger partial charge in [0, 0.05) is 23.1 Å². The number of rotatable bonds is 5. The first-order valence-corrected chi connectivity index (χ1v) is 7.27. The lowest BCUT2D eigenvalue weighted by Crippen LogP contribution is -2.43. The van der Waals surface area contributed by atoms with Crippen LogP contribution in [0, 0.1) is 0 Å². The van der Waals surface area contributed by atoms with Crippen LogP contribution in [0.4, 0.5) is 0 Å². The highest BCUT2D eigenvalue weighted by Crippen LogP contribution is 2.15. The summed E-state index contributed by atoms with van der Waals surface area (Å²) in [4.78, 5) is 2.15.